The third-order valence-corrected chi connectivity index (χ3v) is 3.61. The fraction of sp³-hybridized carbons (Fsp3) is 0.455. The second-order valence-electron chi connectivity index (χ2n) is 3.97. The molecule has 0 spiro atoms. The minimum Gasteiger partial charge on any atom is -0.453 e. The maximum absolute atomic E-state index is 11.8. The van der Waals surface area contributed by atoms with E-state index in [1.807, 2.05) is 11.4 Å². The van der Waals surface area contributed by atoms with Gasteiger partial charge in [0.2, 0.25) is 0 Å². The van der Waals surface area contributed by atoms with Crippen LogP contribution in [0.4, 0.5) is 4.79 Å². The molecule has 1 aliphatic rings. The number of carbonyl (C=O) groups is 2. The van der Waals surface area contributed by atoms with Crippen LogP contribution < -0.4 is 5.32 Å². The first-order valence-corrected chi connectivity index (χ1v) is 5.96. The molecule has 16 heavy (non-hydrogen) atoms. The number of methoxy groups -OCH3 is 1. The summed E-state index contributed by atoms with van der Waals surface area (Å²) in [5.74, 6) is 0.0869. The lowest BCUT2D eigenvalue weighted by atomic mass is 10.1. The number of Topliss-reactive ketones (excluding diaryl/α,β-unsaturated/α-hetero) is 1. The maximum atomic E-state index is 11.8. The van der Waals surface area contributed by atoms with E-state index in [9.17, 15) is 9.59 Å². The van der Waals surface area contributed by atoms with Crippen LogP contribution in [-0.4, -0.2) is 24.5 Å². The third kappa shape index (κ3) is 2.41. The molecule has 4 nitrogen and oxygen atoms in total. The molecule has 0 aromatic carbocycles. The van der Waals surface area contributed by atoms with E-state index in [2.05, 4.69) is 10.1 Å². The van der Waals surface area contributed by atoms with Crippen LogP contribution in [0, 0.1) is 0 Å². The van der Waals surface area contributed by atoms with E-state index in [1.54, 1.807) is 6.07 Å². The van der Waals surface area contributed by atoms with E-state index in [0.717, 1.165) is 17.7 Å². The van der Waals surface area contributed by atoms with Crippen LogP contribution in [0.3, 0.4) is 0 Å². The van der Waals surface area contributed by atoms with Crippen molar-refractivity contribution in [2.75, 3.05) is 7.11 Å². The molecule has 0 unspecified atom stereocenters. The van der Waals surface area contributed by atoms with Crippen LogP contribution in [0.25, 0.3) is 0 Å². The summed E-state index contributed by atoms with van der Waals surface area (Å²) in [5, 5.41) is 4.61. The molecule has 1 fully saturated rings. The van der Waals surface area contributed by atoms with Crippen molar-refractivity contribution in [2.24, 2.45) is 0 Å². The SMILES string of the molecule is COC(=O)NC1(CC(=O)c2cccs2)CC1. The fourth-order valence-corrected chi connectivity index (χ4v) is 2.26. The van der Waals surface area contributed by atoms with Gasteiger partial charge in [0.15, 0.2) is 5.78 Å². The summed E-state index contributed by atoms with van der Waals surface area (Å²) in [4.78, 5) is 23.7. The first kappa shape index (κ1) is 11.1. The Kier molecular flexibility index (Phi) is 2.96. The average molecular weight is 239 g/mol. The molecule has 1 aliphatic carbocycles. The molecule has 0 aliphatic heterocycles. The largest absolute Gasteiger partial charge is 0.453 e. The van der Waals surface area contributed by atoms with Crippen molar-refractivity contribution in [3.05, 3.63) is 22.4 Å². The van der Waals surface area contributed by atoms with Gasteiger partial charge in [-0.2, -0.15) is 0 Å². The average Bonchev–Trinajstić information content (AvgIpc) is 2.83. The zero-order valence-corrected chi connectivity index (χ0v) is 9.80. The van der Waals surface area contributed by atoms with E-state index in [4.69, 9.17) is 0 Å². The highest BCUT2D eigenvalue weighted by atomic mass is 32.1. The number of alkyl carbamates (subject to hydrolysis) is 1. The molecule has 86 valence electrons. The van der Waals surface area contributed by atoms with E-state index in [0.29, 0.717) is 6.42 Å². The van der Waals surface area contributed by atoms with E-state index >= 15 is 0 Å². The molecule has 1 aromatic rings. The maximum Gasteiger partial charge on any atom is 0.407 e. The molecule has 5 heteroatoms. The predicted octanol–water partition coefficient (Wildman–Crippen LogP) is 2.21. The Balaban J connectivity index is 1.94. The summed E-state index contributed by atoms with van der Waals surface area (Å²) in [6, 6.07) is 3.66. The van der Waals surface area contributed by atoms with Gasteiger partial charge in [0.25, 0.3) is 0 Å². The smallest absolute Gasteiger partial charge is 0.407 e. The summed E-state index contributed by atoms with van der Waals surface area (Å²) in [5.41, 5.74) is -0.353. The van der Waals surface area contributed by atoms with Gasteiger partial charge in [0, 0.05) is 6.42 Å². The van der Waals surface area contributed by atoms with E-state index in [1.165, 1.54) is 18.4 Å². The molecule has 0 bridgehead atoms. The first-order chi connectivity index (χ1) is 7.65. The van der Waals surface area contributed by atoms with Crippen molar-refractivity contribution in [3.63, 3.8) is 0 Å². The van der Waals surface area contributed by atoms with Crippen LogP contribution in [0.1, 0.15) is 28.9 Å². The number of carbonyl (C=O) groups excluding carboxylic acids is 2. The lowest BCUT2D eigenvalue weighted by Crippen LogP contribution is -2.38. The van der Waals surface area contributed by atoms with E-state index in [-0.39, 0.29) is 11.3 Å². The summed E-state index contributed by atoms with van der Waals surface area (Å²) in [6.45, 7) is 0. The van der Waals surface area contributed by atoms with Gasteiger partial charge in [-0.05, 0) is 24.3 Å². The van der Waals surface area contributed by atoms with Crippen LogP contribution in [0.2, 0.25) is 0 Å². The highest BCUT2D eigenvalue weighted by Crippen LogP contribution is 2.39. The van der Waals surface area contributed by atoms with Gasteiger partial charge >= 0.3 is 6.09 Å². The topological polar surface area (TPSA) is 55.4 Å². The van der Waals surface area contributed by atoms with Gasteiger partial charge in [-0.25, -0.2) is 4.79 Å². The van der Waals surface area contributed by atoms with Crippen LogP contribution >= 0.6 is 11.3 Å². The second-order valence-corrected chi connectivity index (χ2v) is 4.92. The normalized spacial score (nSPS) is 16.6. The lowest BCUT2D eigenvalue weighted by molar-refractivity contribution is 0.0966. The van der Waals surface area contributed by atoms with Crippen LogP contribution in [-0.2, 0) is 4.74 Å². The van der Waals surface area contributed by atoms with Crippen molar-refractivity contribution in [2.45, 2.75) is 24.8 Å². The number of ether oxygens (including phenoxy) is 1. The Morgan fingerprint density at radius 1 is 1.56 bits per heavy atom. The molecule has 0 saturated heterocycles. The van der Waals surface area contributed by atoms with Crippen molar-refractivity contribution in [1.29, 1.82) is 0 Å². The van der Waals surface area contributed by atoms with Crippen molar-refractivity contribution in [1.82, 2.24) is 5.32 Å². The number of nitrogens with one attached hydrogen (secondary N) is 1. The van der Waals surface area contributed by atoms with Crippen LogP contribution in [0.15, 0.2) is 17.5 Å². The Morgan fingerprint density at radius 2 is 2.31 bits per heavy atom. The molecule has 0 radical (unpaired) electrons. The van der Waals surface area contributed by atoms with Crippen molar-refractivity contribution < 1.29 is 14.3 Å². The zero-order chi connectivity index (χ0) is 11.6. The second kappa shape index (κ2) is 4.25. The zero-order valence-electron chi connectivity index (χ0n) is 8.99. The Hall–Kier alpha value is -1.36. The molecule has 0 atom stereocenters. The van der Waals surface area contributed by atoms with Crippen molar-refractivity contribution in [3.8, 4) is 0 Å². The number of hydrogen-bond donors (Lipinski definition) is 1. The predicted molar refractivity (Wildman–Crippen MR) is 60.8 cm³/mol. The van der Waals surface area contributed by atoms with Crippen LogP contribution in [0.5, 0.6) is 0 Å². The highest BCUT2D eigenvalue weighted by molar-refractivity contribution is 7.12. The number of ketones is 1. The summed E-state index contributed by atoms with van der Waals surface area (Å²) >= 11 is 1.43. The minimum atomic E-state index is -0.462. The lowest BCUT2D eigenvalue weighted by Gasteiger charge is -2.14. The number of thiophene rings is 1. The number of hydrogen-bond acceptors (Lipinski definition) is 4. The minimum absolute atomic E-state index is 0.0869. The molecule has 1 heterocycles. The third-order valence-electron chi connectivity index (χ3n) is 2.70. The monoisotopic (exact) mass is 239 g/mol. The first-order valence-electron chi connectivity index (χ1n) is 5.08. The van der Waals surface area contributed by atoms with Gasteiger partial charge in [0.1, 0.15) is 0 Å². The molecule has 1 aromatic heterocycles. The molecule has 2 rings (SSSR count). The summed E-state index contributed by atoms with van der Waals surface area (Å²) in [7, 11) is 1.33. The fourth-order valence-electron chi connectivity index (χ4n) is 1.60. The molecule has 1 saturated carbocycles. The van der Waals surface area contributed by atoms with E-state index < -0.39 is 6.09 Å². The van der Waals surface area contributed by atoms with Gasteiger partial charge in [-0.15, -0.1) is 11.3 Å². The van der Waals surface area contributed by atoms with Crippen molar-refractivity contribution >= 4 is 23.2 Å². The van der Waals surface area contributed by atoms with Gasteiger partial charge in [-0.3, -0.25) is 4.79 Å². The number of rotatable bonds is 4. The van der Waals surface area contributed by atoms with Gasteiger partial charge in [-0.1, -0.05) is 6.07 Å². The standard InChI is InChI=1S/C11H13NO3S/c1-15-10(14)12-11(4-5-11)7-8(13)9-3-2-6-16-9/h2-3,6H,4-5,7H2,1H3,(H,12,14). The highest BCUT2D eigenvalue weighted by Gasteiger charge is 2.46. The number of amides is 1. The quantitative estimate of drug-likeness (QED) is 0.819. The Labute approximate surface area is 97.6 Å². The molecular formula is C11H13NO3S. The Bertz CT molecular complexity index is 395. The Morgan fingerprint density at radius 3 is 2.81 bits per heavy atom. The summed E-state index contributed by atoms with van der Waals surface area (Å²) < 4.78 is 4.54. The molecule has 1 N–H and O–H groups in total. The van der Waals surface area contributed by atoms with Gasteiger partial charge in [0.05, 0.1) is 17.5 Å². The summed E-state index contributed by atoms with van der Waals surface area (Å²) in [6.07, 6.45) is 1.59. The molecule has 1 amide bonds. The van der Waals surface area contributed by atoms with Gasteiger partial charge < -0.3 is 10.1 Å². The molecular weight excluding hydrogens is 226 g/mol.